The summed E-state index contributed by atoms with van der Waals surface area (Å²) in [5.41, 5.74) is 2.82. The summed E-state index contributed by atoms with van der Waals surface area (Å²) in [5, 5.41) is 15.7. The quantitative estimate of drug-likeness (QED) is 0.377. The minimum absolute atomic E-state index is 0.0596. The van der Waals surface area contributed by atoms with Crippen LogP contribution < -0.4 is 15.4 Å². The number of imide groups is 1. The number of aromatic nitrogens is 1. The summed E-state index contributed by atoms with van der Waals surface area (Å²) in [7, 11) is 1.49. The molecule has 1 saturated heterocycles. The van der Waals surface area contributed by atoms with Gasteiger partial charge in [0.05, 0.1) is 17.7 Å². The van der Waals surface area contributed by atoms with Crippen LogP contribution in [-0.2, 0) is 4.79 Å². The van der Waals surface area contributed by atoms with E-state index < -0.39 is 16.9 Å². The standard InChI is InChI=1S/C17H16N4O5/c1-9-6-11(7-13-16(22)19-17(23)18-13)10(2)20(9)14-8-12(21(24)25)4-5-15(14)26-3/h4-8H,1-3H3,(H2,18,19,22,23)/b13-7+. The molecule has 1 aromatic carbocycles. The minimum atomic E-state index is -0.574. The number of carbonyl (C=O) groups excluding carboxylic acids is 2. The zero-order valence-electron chi connectivity index (χ0n) is 14.3. The van der Waals surface area contributed by atoms with Gasteiger partial charge in [-0.2, -0.15) is 0 Å². The van der Waals surface area contributed by atoms with Crippen molar-refractivity contribution in [2.75, 3.05) is 7.11 Å². The molecule has 0 radical (unpaired) electrons. The van der Waals surface area contributed by atoms with Crippen LogP contribution in [-0.4, -0.2) is 28.5 Å². The Morgan fingerprint density at radius 3 is 2.50 bits per heavy atom. The first-order valence-corrected chi connectivity index (χ1v) is 7.67. The van der Waals surface area contributed by atoms with Crippen LogP contribution in [0.25, 0.3) is 11.8 Å². The normalized spacial score (nSPS) is 15.1. The van der Waals surface area contributed by atoms with Crippen LogP contribution in [0.3, 0.4) is 0 Å². The number of nitro groups is 1. The zero-order valence-corrected chi connectivity index (χ0v) is 14.3. The van der Waals surface area contributed by atoms with Gasteiger partial charge in [0.2, 0.25) is 0 Å². The third-order valence-corrected chi connectivity index (χ3v) is 4.10. The maximum atomic E-state index is 11.7. The van der Waals surface area contributed by atoms with E-state index in [0.29, 0.717) is 17.0 Å². The number of aryl methyl sites for hydroxylation is 1. The zero-order chi connectivity index (χ0) is 19.0. The molecule has 2 N–H and O–H groups in total. The van der Waals surface area contributed by atoms with Crippen LogP contribution in [0.1, 0.15) is 17.0 Å². The molecule has 0 aliphatic carbocycles. The van der Waals surface area contributed by atoms with Crippen LogP contribution in [0.4, 0.5) is 10.5 Å². The first-order valence-electron chi connectivity index (χ1n) is 7.67. The Morgan fingerprint density at radius 1 is 1.19 bits per heavy atom. The second-order valence-corrected chi connectivity index (χ2v) is 5.74. The lowest BCUT2D eigenvalue weighted by Gasteiger charge is -2.13. The lowest BCUT2D eigenvalue weighted by atomic mass is 10.2. The van der Waals surface area contributed by atoms with E-state index >= 15 is 0 Å². The van der Waals surface area contributed by atoms with Crippen molar-refractivity contribution in [3.63, 3.8) is 0 Å². The lowest BCUT2D eigenvalue weighted by Crippen LogP contribution is -2.22. The summed E-state index contributed by atoms with van der Waals surface area (Å²) in [6.45, 7) is 3.65. The molecule has 2 aromatic rings. The number of hydrogen-bond donors (Lipinski definition) is 2. The van der Waals surface area contributed by atoms with Crippen molar-refractivity contribution in [1.29, 1.82) is 0 Å². The highest BCUT2D eigenvalue weighted by molar-refractivity contribution is 6.14. The van der Waals surface area contributed by atoms with E-state index in [0.717, 1.165) is 11.4 Å². The number of methoxy groups -OCH3 is 1. The molecule has 0 spiro atoms. The number of hydrogen-bond acceptors (Lipinski definition) is 5. The number of non-ortho nitro benzene ring substituents is 1. The van der Waals surface area contributed by atoms with E-state index in [2.05, 4.69) is 10.6 Å². The van der Waals surface area contributed by atoms with Gasteiger partial charge in [-0.05, 0) is 37.6 Å². The van der Waals surface area contributed by atoms with Gasteiger partial charge in [0.25, 0.3) is 11.6 Å². The molecule has 2 heterocycles. The van der Waals surface area contributed by atoms with Crippen LogP contribution in [0, 0.1) is 24.0 Å². The topological polar surface area (TPSA) is 116 Å². The maximum absolute atomic E-state index is 11.7. The summed E-state index contributed by atoms with van der Waals surface area (Å²) in [4.78, 5) is 33.6. The van der Waals surface area contributed by atoms with Gasteiger partial charge >= 0.3 is 6.03 Å². The van der Waals surface area contributed by atoms with Crippen LogP contribution in [0.5, 0.6) is 5.75 Å². The summed E-state index contributed by atoms with van der Waals surface area (Å²) >= 11 is 0. The Hall–Kier alpha value is -3.62. The molecule has 1 aromatic heterocycles. The number of nitro benzene ring substituents is 1. The van der Waals surface area contributed by atoms with Crippen molar-refractivity contribution in [3.8, 4) is 11.4 Å². The van der Waals surface area contributed by atoms with Gasteiger partial charge in [0, 0.05) is 23.5 Å². The Balaban J connectivity index is 2.14. The van der Waals surface area contributed by atoms with Gasteiger partial charge in [-0.25, -0.2) is 4.79 Å². The van der Waals surface area contributed by atoms with Crippen molar-refractivity contribution in [3.05, 3.63) is 57.0 Å². The molecule has 3 amide bonds. The highest BCUT2D eigenvalue weighted by Crippen LogP contribution is 2.32. The van der Waals surface area contributed by atoms with Gasteiger partial charge in [0.15, 0.2) is 0 Å². The molecule has 0 unspecified atom stereocenters. The number of ether oxygens (including phenoxy) is 1. The second kappa shape index (κ2) is 6.36. The predicted molar refractivity (Wildman–Crippen MR) is 93.1 cm³/mol. The largest absolute Gasteiger partial charge is 0.495 e. The summed E-state index contributed by atoms with van der Waals surface area (Å²) in [6.07, 6.45) is 1.56. The third-order valence-electron chi connectivity index (χ3n) is 4.10. The molecule has 0 atom stereocenters. The Bertz CT molecular complexity index is 974. The minimum Gasteiger partial charge on any atom is -0.495 e. The van der Waals surface area contributed by atoms with Crippen molar-refractivity contribution in [2.24, 2.45) is 0 Å². The Kier molecular flexibility index (Phi) is 4.21. The number of nitrogens with one attached hydrogen (secondary N) is 2. The van der Waals surface area contributed by atoms with Gasteiger partial charge in [0.1, 0.15) is 11.4 Å². The highest BCUT2D eigenvalue weighted by Gasteiger charge is 2.24. The first-order chi connectivity index (χ1) is 12.3. The van der Waals surface area contributed by atoms with Crippen molar-refractivity contribution < 1.29 is 19.2 Å². The molecule has 9 nitrogen and oxygen atoms in total. The smallest absolute Gasteiger partial charge is 0.326 e. The molecule has 3 rings (SSSR count). The van der Waals surface area contributed by atoms with Crippen LogP contribution >= 0.6 is 0 Å². The molecule has 0 bridgehead atoms. The Labute approximate surface area is 148 Å². The van der Waals surface area contributed by atoms with Gasteiger partial charge in [-0.3, -0.25) is 20.2 Å². The van der Waals surface area contributed by atoms with E-state index in [9.17, 15) is 19.7 Å². The second-order valence-electron chi connectivity index (χ2n) is 5.74. The predicted octanol–water partition coefficient (Wildman–Crippen LogP) is 2.19. The van der Waals surface area contributed by atoms with Crippen molar-refractivity contribution in [1.82, 2.24) is 15.2 Å². The fraction of sp³-hybridized carbons (Fsp3) is 0.176. The van der Waals surface area contributed by atoms with Crippen LogP contribution in [0.2, 0.25) is 0 Å². The summed E-state index contributed by atoms with van der Waals surface area (Å²) < 4.78 is 7.14. The van der Waals surface area contributed by atoms with E-state index in [4.69, 9.17) is 4.74 Å². The van der Waals surface area contributed by atoms with Gasteiger partial charge in [-0.15, -0.1) is 0 Å². The fourth-order valence-corrected chi connectivity index (χ4v) is 2.91. The summed E-state index contributed by atoms with van der Waals surface area (Å²) in [6, 6.07) is 5.58. The number of rotatable bonds is 4. The van der Waals surface area contributed by atoms with E-state index in [-0.39, 0.29) is 11.4 Å². The Morgan fingerprint density at radius 2 is 1.92 bits per heavy atom. The summed E-state index contributed by atoms with van der Waals surface area (Å²) in [5.74, 6) is -0.0313. The molecule has 134 valence electrons. The third kappa shape index (κ3) is 2.90. The van der Waals surface area contributed by atoms with E-state index in [1.165, 1.54) is 25.3 Å². The average Bonchev–Trinajstić information content (AvgIpc) is 3.05. The number of amides is 3. The van der Waals surface area contributed by atoms with Gasteiger partial charge in [-0.1, -0.05) is 0 Å². The van der Waals surface area contributed by atoms with Crippen molar-refractivity contribution >= 4 is 23.7 Å². The molecule has 9 heteroatoms. The number of urea groups is 1. The fourth-order valence-electron chi connectivity index (χ4n) is 2.91. The van der Waals surface area contributed by atoms with E-state index in [1.807, 2.05) is 19.9 Å². The number of carbonyl (C=O) groups is 2. The molecular formula is C17H16N4O5. The van der Waals surface area contributed by atoms with Gasteiger partial charge < -0.3 is 14.6 Å². The highest BCUT2D eigenvalue weighted by atomic mass is 16.6. The SMILES string of the molecule is COc1ccc([N+](=O)[O-])cc1-n1c(C)cc(/C=C2/NC(=O)NC2=O)c1C. The molecule has 1 aliphatic heterocycles. The number of nitrogens with zero attached hydrogens (tertiary/aromatic N) is 2. The monoisotopic (exact) mass is 356 g/mol. The molecule has 0 saturated carbocycles. The van der Waals surface area contributed by atoms with Crippen molar-refractivity contribution in [2.45, 2.75) is 13.8 Å². The first kappa shape index (κ1) is 17.2. The lowest BCUT2D eigenvalue weighted by molar-refractivity contribution is -0.384. The molecule has 26 heavy (non-hydrogen) atoms. The molecule has 1 aliphatic rings. The average molecular weight is 356 g/mol. The van der Waals surface area contributed by atoms with Crippen LogP contribution in [0.15, 0.2) is 30.0 Å². The van der Waals surface area contributed by atoms with E-state index in [1.54, 1.807) is 10.6 Å². The maximum Gasteiger partial charge on any atom is 0.326 e. The molecule has 1 fully saturated rings. The number of benzene rings is 1. The molecular weight excluding hydrogens is 340 g/mol.